The summed E-state index contributed by atoms with van der Waals surface area (Å²) in [5.74, 6) is 0.590. The highest BCUT2D eigenvalue weighted by atomic mass is 14.9. The van der Waals surface area contributed by atoms with Crippen LogP contribution in [0.5, 0.6) is 0 Å². The van der Waals surface area contributed by atoms with Crippen molar-refractivity contribution < 1.29 is 0 Å². The molecule has 2 nitrogen and oxygen atoms in total. The lowest BCUT2D eigenvalue weighted by molar-refractivity contribution is 0.573. The van der Waals surface area contributed by atoms with Crippen LogP contribution in [0.1, 0.15) is 55.0 Å². The van der Waals surface area contributed by atoms with Crippen molar-refractivity contribution in [2.24, 2.45) is 0 Å². The number of rotatable bonds is 5. The van der Waals surface area contributed by atoms with Gasteiger partial charge in [0.15, 0.2) is 0 Å². The Bertz CT molecular complexity index is 544. The average Bonchev–Trinajstić information content (AvgIpc) is 2.46. The Labute approximate surface area is 122 Å². The molecule has 0 saturated heterocycles. The molecule has 0 spiro atoms. The number of aromatic nitrogens is 1. The molecule has 2 rings (SSSR count). The molecule has 1 heterocycles. The summed E-state index contributed by atoms with van der Waals surface area (Å²) < 4.78 is 0. The number of hydrogen-bond acceptors (Lipinski definition) is 2. The van der Waals surface area contributed by atoms with Gasteiger partial charge in [-0.15, -0.1) is 0 Å². The van der Waals surface area contributed by atoms with Gasteiger partial charge in [0.05, 0.1) is 0 Å². The van der Waals surface area contributed by atoms with Crippen molar-refractivity contribution in [3.05, 3.63) is 65.0 Å². The van der Waals surface area contributed by atoms with E-state index in [2.05, 4.69) is 68.3 Å². The fraction of sp³-hybridized carbons (Fsp3) is 0.389. The minimum atomic E-state index is 0.351. The third-order valence-corrected chi connectivity index (χ3v) is 3.84. The Kier molecular flexibility index (Phi) is 4.91. The second kappa shape index (κ2) is 6.67. The molecule has 1 N–H and O–H groups in total. The van der Waals surface area contributed by atoms with Crippen molar-refractivity contribution in [2.45, 2.75) is 46.2 Å². The Morgan fingerprint density at radius 1 is 1.00 bits per heavy atom. The van der Waals surface area contributed by atoms with Crippen LogP contribution in [-0.2, 0) is 6.54 Å². The second-order valence-corrected chi connectivity index (χ2v) is 5.73. The monoisotopic (exact) mass is 268 g/mol. The fourth-order valence-corrected chi connectivity index (χ4v) is 2.25. The molecule has 0 saturated carbocycles. The zero-order valence-electron chi connectivity index (χ0n) is 12.9. The summed E-state index contributed by atoms with van der Waals surface area (Å²) in [6.07, 6.45) is 3.77. The molecule has 1 unspecified atom stereocenters. The van der Waals surface area contributed by atoms with Gasteiger partial charge in [-0.3, -0.25) is 4.98 Å². The Balaban J connectivity index is 1.98. The molecular formula is C18H24N2. The molecule has 20 heavy (non-hydrogen) atoms. The molecule has 2 heteroatoms. The number of benzene rings is 1. The van der Waals surface area contributed by atoms with Gasteiger partial charge in [0.25, 0.3) is 0 Å². The van der Waals surface area contributed by atoms with E-state index in [0.29, 0.717) is 12.0 Å². The molecule has 0 aliphatic heterocycles. The maximum Gasteiger partial charge on any atom is 0.0300 e. The maximum absolute atomic E-state index is 4.13. The standard InChI is InChI=1S/C18H24N2/c1-13(2)16-5-7-17(8-6-16)15(4)20-12-18-9-10-19-11-14(18)3/h5-11,13,15,20H,12H2,1-4H3. The predicted molar refractivity (Wildman–Crippen MR) is 84.8 cm³/mol. The van der Waals surface area contributed by atoms with E-state index in [-0.39, 0.29) is 0 Å². The highest BCUT2D eigenvalue weighted by molar-refractivity contribution is 5.27. The van der Waals surface area contributed by atoms with Crippen LogP contribution in [0.15, 0.2) is 42.7 Å². The number of aryl methyl sites for hydroxylation is 1. The summed E-state index contributed by atoms with van der Waals surface area (Å²) >= 11 is 0. The molecule has 0 radical (unpaired) electrons. The van der Waals surface area contributed by atoms with Gasteiger partial charge in [0.2, 0.25) is 0 Å². The molecule has 1 aromatic carbocycles. The zero-order valence-corrected chi connectivity index (χ0v) is 12.9. The zero-order chi connectivity index (χ0) is 14.5. The molecule has 0 aliphatic rings. The highest BCUT2D eigenvalue weighted by Gasteiger charge is 2.06. The minimum absolute atomic E-state index is 0.351. The van der Waals surface area contributed by atoms with E-state index in [1.165, 1.54) is 22.3 Å². The molecule has 2 aromatic rings. The summed E-state index contributed by atoms with van der Waals surface area (Å²) in [5.41, 5.74) is 5.28. The summed E-state index contributed by atoms with van der Waals surface area (Å²) in [6.45, 7) is 9.64. The van der Waals surface area contributed by atoms with Gasteiger partial charge >= 0.3 is 0 Å². The van der Waals surface area contributed by atoms with Crippen molar-refractivity contribution in [1.82, 2.24) is 10.3 Å². The molecule has 0 aliphatic carbocycles. The normalized spacial score (nSPS) is 12.7. The Hall–Kier alpha value is -1.67. The van der Waals surface area contributed by atoms with E-state index < -0.39 is 0 Å². The van der Waals surface area contributed by atoms with Crippen molar-refractivity contribution >= 4 is 0 Å². The van der Waals surface area contributed by atoms with Crippen molar-refractivity contribution in [3.63, 3.8) is 0 Å². The smallest absolute Gasteiger partial charge is 0.0300 e. The van der Waals surface area contributed by atoms with E-state index in [9.17, 15) is 0 Å². The van der Waals surface area contributed by atoms with Gasteiger partial charge in [0, 0.05) is 25.0 Å². The molecule has 106 valence electrons. The lowest BCUT2D eigenvalue weighted by Crippen LogP contribution is -2.18. The fourth-order valence-electron chi connectivity index (χ4n) is 2.25. The van der Waals surface area contributed by atoms with Crippen LogP contribution < -0.4 is 5.32 Å². The summed E-state index contributed by atoms with van der Waals surface area (Å²) in [7, 11) is 0. The number of nitrogens with zero attached hydrogens (tertiary/aromatic N) is 1. The largest absolute Gasteiger partial charge is 0.306 e. The van der Waals surface area contributed by atoms with E-state index in [1.54, 1.807) is 0 Å². The van der Waals surface area contributed by atoms with Crippen LogP contribution in [0.25, 0.3) is 0 Å². The quantitative estimate of drug-likeness (QED) is 0.871. The van der Waals surface area contributed by atoms with Gasteiger partial charge in [0.1, 0.15) is 0 Å². The highest BCUT2D eigenvalue weighted by Crippen LogP contribution is 2.19. The number of hydrogen-bond donors (Lipinski definition) is 1. The van der Waals surface area contributed by atoms with Gasteiger partial charge in [-0.25, -0.2) is 0 Å². The van der Waals surface area contributed by atoms with E-state index in [0.717, 1.165) is 6.54 Å². The lowest BCUT2D eigenvalue weighted by Gasteiger charge is -2.16. The molecule has 0 amide bonds. The minimum Gasteiger partial charge on any atom is -0.306 e. The SMILES string of the molecule is Cc1cnccc1CNC(C)c1ccc(C(C)C)cc1. The van der Waals surface area contributed by atoms with Crippen LogP contribution >= 0.6 is 0 Å². The Morgan fingerprint density at radius 2 is 1.65 bits per heavy atom. The summed E-state index contributed by atoms with van der Waals surface area (Å²) in [4.78, 5) is 4.13. The first kappa shape index (κ1) is 14.7. The van der Waals surface area contributed by atoms with Crippen molar-refractivity contribution in [1.29, 1.82) is 0 Å². The van der Waals surface area contributed by atoms with Crippen LogP contribution in [0.2, 0.25) is 0 Å². The maximum atomic E-state index is 4.13. The van der Waals surface area contributed by atoms with E-state index in [1.807, 2.05) is 12.4 Å². The number of pyridine rings is 1. The van der Waals surface area contributed by atoms with Crippen LogP contribution in [-0.4, -0.2) is 4.98 Å². The molecule has 1 aromatic heterocycles. The van der Waals surface area contributed by atoms with Gasteiger partial charge in [-0.05, 0) is 48.1 Å². The molecule has 0 bridgehead atoms. The first-order valence-electron chi connectivity index (χ1n) is 7.30. The first-order valence-corrected chi connectivity index (χ1v) is 7.30. The molecular weight excluding hydrogens is 244 g/mol. The first-order chi connectivity index (χ1) is 9.58. The van der Waals surface area contributed by atoms with E-state index >= 15 is 0 Å². The van der Waals surface area contributed by atoms with Crippen molar-refractivity contribution in [2.75, 3.05) is 0 Å². The van der Waals surface area contributed by atoms with Gasteiger partial charge in [-0.2, -0.15) is 0 Å². The summed E-state index contributed by atoms with van der Waals surface area (Å²) in [5, 5.41) is 3.58. The van der Waals surface area contributed by atoms with Gasteiger partial charge in [-0.1, -0.05) is 38.1 Å². The Morgan fingerprint density at radius 3 is 2.25 bits per heavy atom. The van der Waals surface area contributed by atoms with Crippen LogP contribution in [0.3, 0.4) is 0 Å². The third-order valence-electron chi connectivity index (χ3n) is 3.84. The van der Waals surface area contributed by atoms with Gasteiger partial charge < -0.3 is 5.32 Å². The second-order valence-electron chi connectivity index (χ2n) is 5.73. The molecule has 0 fully saturated rings. The predicted octanol–water partition coefficient (Wildman–Crippen LogP) is 4.36. The third kappa shape index (κ3) is 3.67. The summed E-state index contributed by atoms with van der Waals surface area (Å²) in [6, 6.07) is 11.4. The van der Waals surface area contributed by atoms with Crippen molar-refractivity contribution in [3.8, 4) is 0 Å². The number of nitrogens with one attached hydrogen (secondary N) is 1. The lowest BCUT2D eigenvalue weighted by atomic mass is 9.99. The molecule has 1 atom stereocenters. The topological polar surface area (TPSA) is 24.9 Å². The van der Waals surface area contributed by atoms with Crippen LogP contribution in [0, 0.1) is 6.92 Å². The van der Waals surface area contributed by atoms with Crippen LogP contribution in [0.4, 0.5) is 0 Å². The average molecular weight is 268 g/mol. The van der Waals surface area contributed by atoms with E-state index in [4.69, 9.17) is 0 Å².